The first-order chi connectivity index (χ1) is 8.59. The van der Waals surface area contributed by atoms with E-state index in [4.69, 9.17) is 0 Å². The molecule has 1 aromatic rings. The van der Waals surface area contributed by atoms with Crippen LogP contribution in [0, 0.1) is 0 Å². The van der Waals surface area contributed by atoms with Crippen molar-refractivity contribution < 1.29 is 9.90 Å². The maximum atomic E-state index is 11.5. The minimum atomic E-state index is -0.793. The highest BCUT2D eigenvalue weighted by atomic mass is 16.4. The van der Waals surface area contributed by atoms with Gasteiger partial charge in [0.25, 0.3) is 0 Å². The molecular weight excluding hydrogens is 230 g/mol. The quantitative estimate of drug-likeness (QED) is 0.843. The van der Waals surface area contributed by atoms with Crippen molar-refractivity contribution in [2.75, 3.05) is 27.2 Å². The third-order valence-electron chi connectivity index (χ3n) is 3.82. The zero-order chi connectivity index (χ0) is 13.1. The number of nitrogens with zero attached hydrogens (tertiary/aromatic N) is 2. The van der Waals surface area contributed by atoms with Gasteiger partial charge in [0.15, 0.2) is 0 Å². The van der Waals surface area contributed by atoms with Crippen LogP contribution >= 0.6 is 0 Å². The highest BCUT2D eigenvalue weighted by Crippen LogP contribution is 2.25. The van der Waals surface area contributed by atoms with Crippen molar-refractivity contribution in [2.45, 2.75) is 24.9 Å². The molecule has 1 aliphatic rings. The van der Waals surface area contributed by atoms with Gasteiger partial charge in [0.1, 0.15) is 6.04 Å². The highest BCUT2D eigenvalue weighted by Gasteiger charge is 2.31. The summed E-state index contributed by atoms with van der Waals surface area (Å²) in [4.78, 5) is 18.8. The van der Waals surface area contributed by atoms with Crippen LogP contribution in [0.4, 0.5) is 0 Å². The van der Waals surface area contributed by atoms with E-state index in [9.17, 15) is 9.90 Å². The Balaban J connectivity index is 2.09. The van der Waals surface area contributed by atoms with Crippen molar-refractivity contribution in [3.63, 3.8) is 0 Å². The summed E-state index contributed by atoms with van der Waals surface area (Å²) in [7, 11) is 4.02. The SMILES string of the molecule is CN1CCC(N(C)C(C(=O)O)c2ccc[nH]2)CC1. The number of rotatable bonds is 4. The van der Waals surface area contributed by atoms with Crippen LogP contribution < -0.4 is 0 Å². The lowest BCUT2D eigenvalue weighted by Gasteiger charge is -2.37. The number of hydrogen-bond acceptors (Lipinski definition) is 3. The Morgan fingerprint density at radius 2 is 2.22 bits per heavy atom. The Hall–Kier alpha value is -1.33. The van der Waals surface area contributed by atoms with Gasteiger partial charge in [-0.3, -0.25) is 9.69 Å². The van der Waals surface area contributed by atoms with Gasteiger partial charge in [0, 0.05) is 17.9 Å². The largest absolute Gasteiger partial charge is 0.480 e. The maximum absolute atomic E-state index is 11.5. The first kappa shape index (κ1) is 13.1. The molecule has 0 aliphatic carbocycles. The number of nitrogens with one attached hydrogen (secondary N) is 1. The summed E-state index contributed by atoms with van der Waals surface area (Å²) in [6.07, 6.45) is 3.82. The number of H-pyrrole nitrogens is 1. The van der Waals surface area contributed by atoms with Crippen LogP contribution in [-0.2, 0) is 4.79 Å². The van der Waals surface area contributed by atoms with Crippen molar-refractivity contribution in [2.24, 2.45) is 0 Å². The Bertz CT molecular complexity index is 383. The third kappa shape index (κ3) is 2.73. The smallest absolute Gasteiger partial charge is 0.327 e. The van der Waals surface area contributed by atoms with Crippen molar-refractivity contribution >= 4 is 5.97 Å². The van der Waals surface area contributed by atoms with Crippen molar-refractivity contribution in [1.82, 2.24) is 14.8 Å². The highest BCUT2D eigenvalue weighted by molar-refractivity contribution is 5.74. The summed E-state index contributed by atoms with van der Waals surface area (Å²) in [5, 5.41) is 9.43. The summed E-state index contributed by atoms with van der Waals surface area (Å²) >= 11 is 0. The fourth-order valence-corrected chi connectivity index (χ4v) is 2.65. The summed E-state index contributed by atoms with van der Waals surface area (Å²) in [5.74, 6) is -0.793. The van der Waals surface area contributed by atoms with Crippen molar-refractivity contribution in [3.8, 4) is 0 Å². The Morgan fingerprint density at radius 1 is 1.56 bits per heavy atom. The van der Waals surface area contributed by atoms with E-state index < -0.39 is 12.0 Å². The topological polar surface area (TPSA) is 59.6 Å². The molecule has 2 N–H and O–H groups in total. The summed E-state index contributed by atoms with van der Waals surface area (Å²) in [6, 6.07) is 3.44. The molecule has 1 aromatic heterocycles. The number of piperidine rings is 1. The van der Waals surface area contributed by atoms with Crippen molar-refractivity contribution in [3.05, 3.63) is 24.0 Å². The van der Waals surface area contributed by atoms with Gasteiger partial charge in [-0.2, -0.15) is 0 Å². The maximum Gasteiger partial charge on any atom is 0.327 e. The van der Waals surface area contributed by atoms with Gasteiger partial charge in [0.2, 0.25) is 0 Å². The number of likely N-dealkylation sites (tertiary alicyclic amines) is 1. The zero-order valence-electron chi connectivity index (χ0n) is 11.0. The number of likely N-dealkylation sites (N-methyl/N-ethyl adjacent to an activating group) is 1. The molecule has 2 heterocycles. The molecule has 5 heteroatoms. The van der Waals surface area contributed by atoms with Crippen LogP contribution in [0.25, 0.3) is 0 Å². The van der Waals surface area contributed by atoms with E-state index in [0.29, 0.717) is 6.04 Å². The van der Waals surface area contributed by atoms with E-state index in [1.807, 2.05) is 24.1 Å². The lowest BCUT2D eigenvalue weighted by molar-refractivity contribution is -0.144. The lowest BCUT2D eigenvalue weighted by Crippen LogP contribution is -2.45. The van der Waals surface area contributed by atoms with Gasteiger partial charge in [-0.15, -0.1) is 0 Å². The molecule has 0 bridgehead atoms. The molecule has 18 heavy (non-hydrogen) atoms. The predicted octanol–water partition coefficient (Wildman–Crippen LogP) is 1.17. The molecule has 0 aromatic carbocycles. The minimum Gasteiger partial charge on any atom is -0.480 e. The van der Waals surface area contributed by atoms with Crippen LogP contribution in [0.2, 0.25) is 0 Å². The molecule has 1 aliphatic heterocycles. The van der Waals surface area contributed by atoms with E-state index in [1.165, 1.54) is 0 Å². The van der Waals surface area contributed by atoms with Gasteiger partial charge >= 0.3 is 5.97 Å². The predicted molar refractivity (Wildman–Crippen MR) is 69.5 cm³/mol. The second kappa shape index (κ2) is 5.54. The number of carbonyl (C=O) groups is 1. The zero-order valence-corrected chi connectivity index (χ0v) is 11.0. The average Bonchev–Trinajstić information content (AvgIpc) is 2.83. The minimum absolute atomic E-state index is 0.339. The first-order valence-electron chi connectivity index (χ1n) is 6.36. The molecule has 0 saturated carbocycles. The standard InChI is InChI=1S/C13H21N3O2/c1-15-8-5-10(6-9-15)16(2)12(13(17)18)11-4-3-7-14-11/h3-4,7,10,12,14H,5-6,8-9H2,1-2H3,(H,17,18). The Morgan fingerprint density at radius 3 is 2.72 bits per heavy atom. The van der Waals surface area contributed by atoms with Gasteiger partial charge in [-0.1, -0.05) is 0 Å². The van der Waals surface area contributed by atoms with E-state index in [2.05, 4.69) is 16.9 Å². The van der Waals surface area contributed by atoms with Crippen LogP contribution in [-0.4, -0.2) is 59.1 Å². The molecule has 0 amide bonds. The summed E-state index contributed by atoms with van der Waals surface area (Å²) < 4.78 is 0. The van der Waals surface area contributed by atoms with Gasteiger partial charge < -0.3 is 15.0 Å². The fraction of sp³-hybridized carbons (Fsp3) is 0.615. The van der Waals surface area contributed by atoms with Gasteiger partial charge in [0.05, 0.1) is 0 Å². The lowest BCUT2D eigenvalue weighted by atomic mass is 10.0. The summed E-state index contributed by atoms with van der Waals surface area (Å²) in [5.41, 5.74) is 0.754. The Kier molecular flexibility index (Phi) is 4.04. The molecule has 2 rings (SSSR count). The molecule has 1 fully saturated rings. The van der Waals surface area contributed by atoms with E-state index in [1.54, 1.807) is 6.20 Å². The van der Waals surface area contributed by atoms with Gasteiger partial charge in [-0.25, -0.2) is 0 Å². The van der Waals surface area contributed by atoms with Crippen LogP contribution in [0.3, 0.4) is 0 Å². The molecule has 5 nitrogen and oxygen atoms in total. The third-order valence-corrected chi connectivity index (χ3v) is 3.82. The van der Waals surface area contributed by atoms with E-state index in [0.717, 1.165) is 31.6 Å². The number of aromatic nitrogens is 1. The number of carboxylic acids is 1. The molecule has 1 unspecified atom stereocenters. The molecule has 1 atom stereocenters. The number of hydrogen-bond donors (Lipinski definition) is 2. The average molecular weight is 251 g/mol. The monoisotopic (exact) mass is 251 g/mol. The second-order valence-electron chi connectivity index (χ2n) is 5.07. The second-order valence-corrected chi connectivity index (χ2v) is 5.07. The number of aromatic amines is 1. The molecule has 100 valence electrons. The van der Waals surface area contributed by atoms with Crippen LogP contribution in [0.15, 0.2) is 18.3 Å². The number of carboxylic acid groups (broad SMARTS) is 1. The fourth-order valence-electron chi connectivity index (χ4n) is 2.65. The van der Waals surface area contributed by atoms with Crippen LogP contribution in [0.1, 0.15) is 24.6 Å². The molecule has 0 spiro atoms. The molecule has 0 radical (unpaired) electrons. The summed E-state index contributed by atoms with van der Waals surface area (Å²) in [6.45, 7) is 2.07. The number of aliphatic carboxylic acids is 1. The van der Waals surface area contributed by atoms with Crippen LogP contribution in [0.5, 0.6) is 0 Å². The van der Waals surface area contributed by atoms with Crippen molar-refractivity contribution in [1.29, 1.82) is 0 Å². The molecule has 1 saturated heterocycles. The van der Waals surface area contributed by atoms with Gasteiger partial charge in [-0.05, 0) is 52.2 Å². The van der Waals surface area contributed by atoms with E-state index in [-0.39, 0.29) is 0 Å². The molecular formula is C13H21N3O2. The first-order valence-corrected chi connectivity index (χ1v) is 6.36. The Labute approximate surface area is 107 Å². The normalized spacial score (nSPS) is 20.2. The van der Waals surface area contributed by atoms with E-state index >= 15 is 0 Å².